The van der Waals surface area contributed by atoms with Gasteiger partial charge in [0.05, 0.1) is 0 Å². The molecule has 82 valence electrons. The van der Waals surface area contributed by atoms with Crippen LogP contribution >= 0.6 is 11.3 Å². The van der Waals surface area contributed by atoms with E-state index in [1.54, 1.807) is 15.9 Å². The molecule has 2 aromatic heterocycles. The van der Waals surface area contributed by atoms with E-state index in [0.29, 0.717) is 0 Å². The van der Waals surface area contributed by atoms with E-state index in [0.717, 1.165) is 35.1 Å². The Hall–Kier alpha value is -1.01. The number of aromatic nitrogens is 4. The van der Waals surface area contributed by atoms with E-state index in [-0.39, 0.29) is 6.04 Å². The average molecular weight is 225 g/mol. The molecular weight excluding hydrogens is 210 g/mol. The van der Waals surface area contributed by atoms with Crippen molar-refractivity contribution in [2.75, 3.05) is 0 Å². The monoisotopic (exact) mass is 225 g/mol. The Morgan fingerprint density at radius 1 is 1.47 bits per heavy atom. The highest BCUT2D eigenvalue weighted by Gasteiger charge is 2.11. The van der Waals surface area contributed by atoms with E-state index in [4.69, 9.17) is 5.73 Å². The Kier molecular flexibility index (Phi) is 2.97. The molecule has 2 heterocycles. The van der Waals surface area contributed by atoms with Crippen LogP contribution in [0.1, 0.15) is 30.6 Å². The van der Waals surface area contributed by atoms with E-state index in [2.05, 4.69) is 22.2 Å². The first-order valence-corrected chi connectivity index (χ1v) is 5.95. The number of hydrogen-bond acceptors (Lipinski definition) is 5. The van der Waals surface area contributed by atoms with Crippen molar-refractivity contribution in [1.29, 1.82) is 0 Å². The van der Waals surface area contributed by atoms with Crippen molar-refractivity contribution in [1.82, 2.24) is 19.8 Å². The van der Waals surface area contributed by atoms with Crippen LogP contribution in [0.25, 0.3) is 4.96 Å². The standard InChI is InChI=1S/C9H15N5S/c1-3-4-7(10)5-8-13-14-6(2)11-12-9(14)15-8/h7H,3-5,10H2,1-2H3. The predicted molar refractivity (Wildman–Crippen MR) is 60.0 cm³/mol. The van der Waals surface area contributed by atoms with Gasteiger partial charge in [-0.25, -0.2) is 0 Å². The molecule has 1 unspecified atom stereocenters. The summed E-state index contributed by atoms with van der Waals surface area (Å²) in [6.45, 7) is 4.04. The van der Waals surface area contributed by atoms with Crippen LogP contribution in [0.15, 0.2) is 0 Å². The van der Waals surface area contributed by atoms with Crippen molar-refractivity contribution in [2.24, 2.45) is 5.73 Å². The molecule has 0 saturated carbocycles. The summed E-state index contributed by atoms with van der Waals surface area (Å²) >= 11 is 1.57. The third kappa shape index (κ3) is 2.15. The van der Waals surface area contributed by atoms with Gasteiger partial charge in [-0.3, -0.25) is 0 Å². The lowest BCUT2D eigenvalue weighted by molar-refractivity contribution is 0.594. The fourth-order valence-electron chi connectivity index (χ4n) is 1.53. The van der Waals surface area contributed by atoms with E-state index in [9.17, 15) is 0 Å². The first-order valence-electron chi connectivity index (χ1n) is 5.14. The number of rotatable bonds is 4. The van der Waals surface area contributed by atoms with Crippen LogP contribution in [0.4, 0.5) is 0 Å². The van der Waals surface area contributed by atoms with Crippen molar-refractivity contribution < 1.29 is 0 Å². The number of nitrogens with two attached hydrogens (primary N) is 1. The first kappa shape index (κ1) is 10.5. The highest BCUT2D eigenvalue weighted by molar-refractivity contribution is 7.16. The lowest BCUT2D eigenvalue weighted by atomic mass is 10.1. The molecule has 2 rings (SSSR count). The first-order chi connectivity index (χ1) is 7.20. The Bertz CT molecular complexity index is 446. The minimum atomic E-state index is 0.208. The van der Waals surface area contributed by atoms with Crippen LogP contribution in [0.5, 0.6) is 0 Å². The lowest BCUT2D eigenvalue weighted by Gasteiger charge is -2.06. The minimum absolute atomic E-state index is 0.208. The normalized spacial score (nSPS) is 13.5. The summed E-state index contributed by atoms with van der Waals surface area (Å²) in [6, 6.07) is 0.208. The largest absolute Gasteiger partial charge is 0.327 e. The van der Waals surface area contributed by atoms with Crippen LogP contribution in [-0.4, -0.2) is 25.9 Å². The average Bonchev–Trinajstić information content (AvgIpc) is 2.69. The van der Waals surface area contributed by atoms with Crippen molar-refractivity contribution in [2.45, 2.75) is 39.2 Å². The summed E-state index contributed by atoms with van der Waals surface area (Å²) in [7, 11) is 0. The van der Waals surface area contributed by atoms with Gasteiger partial charge < -0.3 is 5.73 Å². The molecule has 0 spiro atoms. The molecule has 0 saturated heterocycles. The van der Waals surface area contributed by atoms with Crippen molar-refractivity contribution in [3.63, 3.8) is 0 Å². The molecule has 0 bridgehead atoms. The van der Waals surface area contributed by atoms with Gasteiger partial charge in [0, 0.05) is 12.5 Å². The van der Waals surface area contributed by atoms with Gasteiger partial charge in [0.1, 0.15) is 5.01 Å². The molecule has 5 nitrogen and oxygen atoms in total. The van der Waals surface area contributed by atoms with Gasteiger partial charge in [-0.2, -0.15) is 9.61 Å². The fourth-order valence-corrected chi connectivity index (χ4v) is 2.51. The quantitative estimate of drug-likeness (QED) is 0.848. The zero-order valence-electron chi connectivity index (χ0n) is 8.97. The zero-order valence-corrected chi connectivity index (χ0v) is 9.79. The number of fused-ring (bicyclic) bond motifs is 1. The molecule has 0 aromatic carbocycles. The molecule has 6 heteroatoms. The summed E-state index contributed by atoms with van der Waals surface area (Å²) in [5.74, 6) is 0.830. The summed E-state index contributed by atoms with van der Waals surface area (Å²) in [5, 5.41) is 13.4. The predicted octanol–water partition coefficient (Wildman–Crippen LogP) is 1.16. The maximum Gasteiger partial charge on any atom is 0.234 e. The van der Waals surface area contributed by atoms with Gasteiger partial charge >= 0.3 is 0 Å². The summed E-state index contributed by atoms with van der Waals surface area (Å²) in [4.78, 5) is 0.853. The second kappa shape index (κ2) is 4.24. The molecule has 0 aliphatic heterocycles. The van der Waals surface area contributed by atoms with Crippen molar-refractivity contribution >= 4 is 16.3 Å². The van der Waals surface area contributed by atoms with Crippen LogP contribution in [0, 0.1) is 6.92 Å². The van der Waals surface area contributed by atoms with Crippen molar-refractivity contribution in [3.05, 3.63) is 10.8 Å². The number of aryl methyl sites for hydroxylation is 1. The molecule has 0 aliphatic rings. The topological polar surface area (TPSA) is 69.1 Å². The van der Waals surface area contributed by atoms with E-state index >= 15 is 0 Å². The van der Waals surface area contributed by atoms with Crippen LogP contribution < -0.4 is 5.73 Å². The van der Waals surface area contributed by atoms with Gasteiger partial charge in [0.15, 0.2) is 5.82 Å². The molecule has 0 aliphatic carbocycles. The number of hydrogen-bond donors (Lipinski definition) is 1. The maximum absolute atomic E-state index is 5.97. The minimum Gasteiger partial charge on any atom is -0.327 e. The van der Waals surface area contributed by atoms with Gasteiger partial charge in [0.25, 0.3) is 0 Å². The highest BCUT2D eigenvalue weighted by Crippen LogP contribution is 2.15. The SMILES string of the molecule is CCCC(N)Cc1nn2c(C)nnc2s1. The molecule has 2 N–H and O–H groups in total. The third-order valence-electron chi connectivity index (χ3n) is 2.28. The van der Waals surface area contributed by atoms with Crippen LogP contribution in [-0.2, 0) is 6.42 Å². The Morgan fingerprint density at radius 2 is 2.27 bits per heavy atom. The molecule has 0 radical (unpaired) electrons. The Morgan fingerprint density at radius 3 is 2.93 bits per heavy atom. The molecule has 15 heavy (non-hydrogen) atoms. The van der Waals surface area contributed by atoms with Crippen LogP contribution in [0.2, 0.25) is 0 Å². The van der Waals surface area contributed by atoms with Crippen molar-refractivity contribution in [3.8, 4) is 0 Å². The maximum atomic E-state index is 5.97. The van der Waals surface area contributed by atoms with E-state index in [1.165, 1.54) is 0 Å². The summed E-state index contributed by atoms with van der Waals surface area (Å²) in [6.07, 6.45) is 2.99. The second-order valence-electron chi connectivity index (χ2n) is 3.69. The smallest absolute Gasteiger partial charge is 0.234 e. The van der Waals surface area contributed by atoms with Gasteiger partial charge in [-0.05, 0) is 13.3 Å². The third-order valence-corrected chi connectivity index (χ3v) is 3.21. The molecular formula is C9H15N5S. The van der Waals surface area contributed by atoms with E-state index in [1.807, 2.05) is 6.92 Å². The van der Waals surface area contributed by atoms with Gasteiger partial charge in [0.2, 0.25) is 4.96 Å². The Labute approximate surface area is 92.3 Å². The van der Waals surface area contributed by atoms with Gasteiger partial charge in [-0.15, -0.1) is 10.2 Å². The van der Waals surface area contributed by atoms with Crippen LogP contribution in [0.3, 0.4) is 0 Å². The molecule has 1 atom stereocenters. The fraction of sp³-hybridized carbons (Fsp3) is 0.667. The second-order valence-corrected chi connectivity index (χ2v) is 4.73. The number of nitrogens with zero attached hydrogens (tertiary/aromatic N) is 4. The summed E-state index contributed by atoms with van der Waals surface area (Å²) in [5.41, 5.74) is 5.97. The molecule has 0 amide bonds. The molecule has 2 aromatic rings. The lowest BCUT2D eigenvalue weighted by Crippen LogP contribution is -2.22. The summed E-state index contributed by atoms with van der Waals surface area (Å²) < 4.78 is 1.78. The molecule has 0 fully saturated rings. The zero-order chi connectivity index (χ0) is 10.8. The van der Waals surface area contributed by atoms with Gasteiger partial charge in [-0.1, -0.05) is 24.7 Å². The van der Waals surface area contributed by atoms with E-state index < -0.39 is 0 Å². The highest BCUT2D eigenvalue weighted by atomic mass is 32.1. The Balaban J connectivity index is 2.15.